The number of alkyl halides is 3. The summed E-state index contributed by atoms with van der Waals surface area (Å²) in [6.45, 7) is 2.98. The zero-order chi connectivity index (χ0) is 17.6. The molecule has 24 heavy (non-hydrogen) atoms. The number of hydrogen-bond acceptors (Lipinski definition) is 3. The molecule has 134 valence electrons. The summed E-state index contributed by atoms with van der Waals surface area (Å²) in [6.07, 6.45) is 0.176. The van der Waals surface area contributed by atoms with Crippen LogP contribution in [0.2, 0.25) is 0 Å². The van der Waals surface area contributed by atoms with Gasteiger partial charge in [0.2, 0.25) is 0 Å². The van der Waals surface area contributed by atoms with Gasteiger partial charge in [-0.3, -0.25) is 0 Å². The van der Waals surface area contributed by atoms with Crippen LogP contribution in [0.4, 0.5) is 18.0 Å². The molecule has 4 nitrogen and oxygen atoms in total. The second-order valence-corrected chi connectivity index (χ2v) is 5.93. The number of nitrogens with zero attached hydrogens (tertiary/aromatic N) is 1. The second kappa shape index (κ2) is 8.26. The van der Waals surface area contributed by atoms with Crippen LogP contribution in [0.5, 0.6) is 5.75 Å². The molecule has 1 aliphatic heterocycles. The maximum atomic E-state index is 12.1. The molecule has 7 heteroatoms. The maximum Gasteiger partial charge on any atom is 0.573 e. The molecule has 1 aromatic carbocycles. The van der Waals surface area contributed by atoms with Crippen LogP contribution in [0, 0.1) is 0 Å². The third-order valence-corrected chi connectivity index (χ3v) is 3.86. The highest BCUT2D eigenvalue weighted by atomic mass is 19.4. The molecule has 2 rings (SSSR count). The molecule has 1 heterocycles. The molecule has 0 aliphatic carbocycles. The van der Waals surface area contributed by atoms with Crippen molar-refractivity contribution < 1.29 is 27.4 Å². The lowest BCUT2D eigenvalue weighted by Gasteiger charge is -2.14. The molecular formula is C17H22F3NO3. The highest BCUT2D eigenvalue weighted by Gasteiger charge is 2.32. The van der Waals surface area contributed by atoms with Gasteiger partial charge in [0, 0.05) is 6.54 Å². The molecule has 1 saturated heterocycles. The molecule has 0 spiro atoms. The van der Waals surface area contributed by atoms with E-state index in [4.69, 9.17) is 4.74 Å². The second-order valence-electron chi connectivity index (χ2n) is 5.93. The number of carbonyl (C=O) groups is 1. The van der Waals surface area contributed by atoms with E-state index in [1.54, 1.807) is 4.90 Å². The minimum absolute atomic E-state index is 0.0952. The number of amides is 1. The number of cyclic esters (lactones) is 1. The van der Waals surface area contributed by atoms with Crippen LogP contribution in [-0.2, 0) is 11.3 Å². The molecule has 1 amide bonds. The third-order valence-electron chi connectivity index (χ3n) is 3.86. The van der Waals surface area contributed by atoms with E-state index in [9.17, 15) is 18.0 Å². The Hall–Kier alpha value is -1.92. The van der Waals surface area contributed by atoms with Crippen molar-refractivity contribution in [3.63, 3.8) is 0 Å². The predicted molar refractivity (Wildman–Crippen MR) is 82.6 cm³/mol. The fourth-order valence-electron chi connectivity index (χ4n) is 2.67. The van der Waals surface area contributed by atoms with E-state index in [2.05, 4.69) is 11.7 Å². The van der Waals surface area contributed by atoms with Gasteiger partial charge in [0.05, 0.1) is 6.54 Å². The lowest BCUT2D eigenvalue weighted by atomic mass is 10.1. The fraction of sp³-hybridized carbons (Fsp3) is 0.588. The van der Waals surface area contributed by atoms with Crippen molar-refractivity contribution in [1.82, 2.24) is 4.90 Å². The van der Waals surface area contributed by atoms with Gasteiger partial charge in [-0.05, 0) is 30.5 Å². The Bertz CT molecular complexity index is 531. The minimum Gasteiger partial charge on any atom is -0.444 e. The standard InChI is InChI=1S/C17H22F3NO3/c1-2-3-4-5-6-15-12-21(16(22)23-15)11-13-7-9-14(10-8-13)24-17(18,19)20/h7-10,15H,2-6,11-12H2,1H3. The quantitative estimate of drug-likeness (QED) is 0.631. The topological polar surface area (TPSA) is 38.8 Å². The monoisotopic (exact) mass is 345 g/mol. The van der Waals surface area contributed by atoms with Gasteiger partial charge < -0.3 is 14.4 Å². The van der Waals surface area contributed by atoms with Crippen molar-refractivity contribution in [3.05, 3.63) is 29.8 Å². The van der Waals surface area contributed by atoms with Crippen molar-refractivity contribution in [2.24, 2.45) is 0 Å². The first kappa shape index (κ1) is 18.4. The molecule has 0 aromatic heterocycles. The van der Waals surface area contributed by atoms with E-state index in [0.717, 1.165) is 31.2 Å². The van der Waals surface area contributed by atoms with Crippen LogP contribution in [0.1, 0.15) is 44.6 Å². The van der Waals surface area contributed by atoms with Crippen molar-refractivity contribution in [1.29, 1.82) is 0 Å². The maximum absolute atomic E-state index is 12.1. The van der Waals surface area contributed by atoms with E-state index in [1.807, 2.05) is 0 Å². The molecule has 0 N–H and O–H groups in total. The zero-order valence-electron chi connectivity index (χ0n) is 13.6. The highest BCUT2D eigenvalue weighted by molar-refractivity contribution is 5.69. The number of unbranched alkanes of at least 4 members (excludes halogenated alkanes) is 3. The largest absolute Gasteiger partial charge is 0.573 e. The predicted octanol–water partition coefficient (Wildman–Crippen LogP) is 4.88. The summed E-state index contributed by atoms with van der Waals surface area (Å²) in [5, 5.41) is 0. The van der Waals surface area contributed by atoms with Gasteiger partial charge in [0.25, 0.3) is 0 Å². The summed E-state index contributed by atoms with van der Waals surface area (Å²) in [7, 11) is 0. The van der Waals surface area contributed by atoms with E-state index < -0.39 is 6.36 Å². The molecule has 1 fully saturated rings. The number of rotatable bonds is 8. The number of benzene rings is 1. The molecule has 0 bridgehead atoms. The molecule has 1 aliphatic rings. The molecular weight excluding hydrogens is 323 g/mol. The summed E-state index contributed by atoms with van der Waals surface area (Å²) >= 11 is 0. The first-order valence-corrected chi connectivity index (χ1v) is 8.17. The Morgan fingerprint density at radius 3 is 2.54 bits per heavy atom. The van der Waals surface area contributed by atoms with Crippen LogP contribution in [0.25, 0.3) is 0 Å². The Labute approximate surface area is 139 Å². The summed E-state index contributed by atoms with van der Waals surface area (Å²) < 4.78 is 45.5. The van der Waals surface area contributed by atoms with Crippen molar-refractivity contribution in [2.45, 2.75) is 58.0 Å². The average Bonchev–Trinajstić information content (AvgIpc) is 2.84. The summed E-state index contributed by atoms with van der Waals surface area (Å²) in [4.78, 5) is 13.4. The average molecular weight is 345 g/mol. The van der Waals surface area contributed by atoms with Crippen LogP contribution >= 0.6 is 0 Å². The molecule has 0 saturated carbocycles. The number of ether oxygens (including phenoxy) is 2. The minimum atomic E-state index is -4.70. The van der Waals surface area contributed by atoms with E-state index >= 15 is 0 Å². The van der Waals surface area contributed by atoms with Crippen molar-refractivity contribution >= 4 is 6.09 Å². The molecule has 0 radical (unpaired) electrons. The Morgan fingerprint density at radius 2 is 1.92 bits per heavy atom. The highest BCUT2D eigenvalue weighted by Crippen LogP contribution is 2.24. The summed E-state index contributed by atoms with van der Waals surface area (Å²) in [6, 6.07) is 5.52. The summed E-state index contributed by atoms with van der Waals surface area (Å²) in [5.41, 5.74) is 0.730. The molecule has 1 atom stereocenters. The SMILES string of the molecule is CCCCCCC1CN(Cc2ccc(OC(F)(F)F)cc2)C(=O)O1. The number of hydrogen-bond donors (Lipinski definition) is 0. The van der Waals surface area contributed by atoms with Gasteiger partial charge in [-0.2, -0.15) is 0 Å². The normalized spacial score (nSPS) is 17.9. The van der Waals surface area contributed by atoms with Gasteiger partial charge in [-0.25, -0.2) is 4.79 Å². The summed E-state index contributed by atoms with van der Waals surface area (Å²) in [5.74, 6) is -0.274. The van der Waals surface area contributed by atoms with E-state index in [1.165, 1.54) is 30.7 Å². The lowest BCUT2D eigenvalue weighted by molar-refractivity contribution is -0.274. The van der Waals surface area contributed by atoms with E-state index in [0.29, 0.717) is 13.1 Å². The Morgan fingerprint density at radius 1 is 1.21 bits per heavy atom. The Kier molecular flexibility index (Phi) is 6.34. The van der Waals surface area contributed by atoms with Crippen LogP contribution in [0.3, 0.4) is 0 Å². The van der Waals surface area contributed by atoms with Crippen molar-refractivity contribution in [2.75, 3.05) is 6.54 Å². The van der Waals surface area contributed by atoms with Crippen LogP contribution in [-0.4, -0.2) is 30.0 Å². The fourth-order valence-corrected chi connectivity index (χ4v) is 2.67. The van der Waals surface area contributed by atoms with Crippen LogP contribution in [0.15, 0.2) is 24.3 Å². The first-order chi connectivity index (χ1) is 11.4. The first-order valence-electron chi connectivity index (χ1n) is 8.17. The van der Waals surface area contributed by atoms with Gasteiger partial charge in [-0.1, -0.05) is 38.3 Å². The third kappa shape index (κ3) is 5.94. The number of halogens is 3. The number of carbonyl (C=O) groups excluding carboxylic acids is 1. The van der Waals surface area contributed by atoms with Crippen LogP contribution < -0.4 is 4.74 Å². The van der Waals surface area contributed by atoms with Gasteiger partial charge >= 0.3 is 12.5 Å². The Balaban J connectivity index is 1.81. The van der Waals surface area contributed by atoms with Gasteiger partial charge in [0.15, 0.2) is 0 Å². The lowest BCUT2D eigenvalue weighted by Crippen LogP contribution is -2.24. The van der Waals surface area contributed by atoms with E-state index in [-0.39, 0.29) is 17.9 Å². The molecule has 1 unspecified atom stereocenters. The smallest absolute Gasteiger partial charge is 0.444 e. The van der Waals surface area contributed by atoms with Gasteiger partial charge in [-0.15, -0.1) is 13.2 Å². The van der Waals surface area contributed by atoms with Gasteiger partial charge in [0.1, 0.15) is 11.9 Å². The zero-order valence-corrected chi connectivity index (χ0v) is 13.6. The van der Waals surface area contributed by atoms with Crippen molar-refractivity contribution in [3.8, 4) is 5.75 Å². The molecule has 1 aromatic rings.